The highest BCUT2D eigenvalue weighted by atomic mass is 16.6. The third-order valence-electron chi connectivity index (χ3n) is 5.83. The third kappa shape index (κ3) is 4.03. The maximum atomic E-state index is 12.8. The molecule has 0 aromatic heterocycles. The van der Waals surface area contributed by atoms with E-state index in [1.807, 2.05) is 26.0 Å². The van der Waals surface area contributed by atoms with E-state index >= 15 is 0 Å². The molecule has 1 unspecified atom stereocenters. The first-order valence-electron chi connectivity index (χ1n) is 9.31. The average molecular weight is 372 g/mol. The lowest BCUT2D eigenvalue weighted by atomic mass is 9.78. The molecule has 0 aromatic carbocycles. The summed E-state index contributed by atoms with van der Waals surface area (Å²) in [5.74, 6) is -3.83. The first-order valence-corrected chi connectivity index (χ1v) is 9.31. The third-order valence-corrected chi connectivity index (χ3v) is 5.83. The molecule has 2 fully saturated rings. The predicted octanol–water partition coefficient (Wildman–Crippen LogP) is 0.391. The van der Waals surface area contributed by atoms with Gasteiger partial charge in [-0.05, 0) is 20.3 Å². The molecule has 150 valence electrons. The minimum Gasteiger partial charge on any atom is -0.396 e. The quantitative estimate of drug-likeness (QED) is 0.359. The Kier molecular flexibility index (Phi) is 6.64. The Balaban J connectivity index is 2.07. The summed E-state index contributed by atoms with van der Waals surface area (Å²) in [6.45, 7) is 6.61. The normalized spacial score (nSPS) is 41.0. The number of ether oxygens (including phenoxy) is 2. The molecule has 0 amide bonds. The first kappa shape index (κ1) is 21.5. The van der Waals surface area contributed by atoms with Gasteiger partial charge in [0, 0.05) is 12.3 Å². The second-order valence-corrected chi connectivity index (χ2v) is 7.73. The van der Waals surface area contributed by atoms with Crippen molar-refractivity contribution in [3.63, 3.8) is 0 Å². The van der Waals surface area contributed by atoms with Crippen LogP contribution in [0.3, 0.4) is 0 Å². The van der Waals surface area contributed by atoms with E-state index in [4.69, 9.17) is 9.47 Å². The van der Waals surface area contributed by atoms with Crippen LogP contribution in [0.15, 0.2) is 12.2 Å². The minimum absolute atomic E-state index is 0.0669. The molecule has 0 aromatic rings. The fourth-order valence-electron chi connectivity index (χ4n) is 3.93. The van der Waals surface area contributed by atoms with Crippen LogP contribution in [-0.4, -0.2) is 69.1 Å². The largest absolute Gasteiger partial charge is 0.396 e. The summed E-state index contributed by atoms with van der Waals surface area (Å²) in [7, 11) is 0. The lowest BCUT2D eigenvalue weighted by Crippen LogP contribution is -2.53. The lowest BCUT2D eigenvalue weighted by molar-refractivity contribution is -0.258. The average Bonchev–Trinajstić information content (AvgIpc) is 3.29. The summed E-state index contributed by atoms with van der Waals surface area (Å²) in [6.07, 6.45) is 1.55. The van der Waals surface area contributed by atoms with Gasteiger partial charge >= 0.3 is 0 Å². The molecule has 2 rings (SSSR count). The van der Waals surface area contributed by atoms with Crippen LogP contribution in [0.2, 0.25) is 0 Å². The number of aliphatic hydroxyl groups excluding tert-OH is 3. The number of ketones is 1. The van der Waals surface area contributed by atoms with Gasteiger partial charge in [-0.1, -0.05) is 26.0 Å². The van der Waals surface area contributed by atoms with Gasteiger partial charge in [-0.2, -0.15) is 0 Å². The first-order chi connectivity index (χ1) is 12.1. The number of carbonyl (C=O) groups excluding carboxylic acids is 1. The molecular formula is C19H32O7. The molecule has 26 heavy (non-hydrogen) atoms. The van der Waals surface area contributed by atoms with E-state index in [1.54, 1.807) is 13.8 Å². The van der Waals surface area contributed by atoms with Gasteiger partial charge in [0.15, 0.2) is 5.79 Å². The summed E-state index contributed by atoms with van der Waals surface area (Å²) < 4.78 is 11.0. The fraction of sp³-hybridized carbons (Fsp3) is 0.842. The summed E-state index contributed by atoms with van der Waals surface area (Å²) >= 11 is 0. The molecular weight excluding hydrogens is 340 g/mol. The molecule has 2 heterocycles. The SMILES string of the molecule is C/C=C\[C@H](C)[C@H]1O[C@@]1(C)[C@@H](O)[C@@H](CO)C(=O)[C@H]1COC(O)(CC)C[C@@H]1O. The van der Waals surface area contributed by atoms with Gasteiger partial charge in [0.1, 0.15) is 11.4 Å². The second-order valence-electron chi connectivity index (χ2n) is 7.73. The van der Waals surface area contributed by atoms with Gasteiger partial charge in [0.2, 0.25) is 0 Å². The summed E-state index contributed by atoms with van der Waals surface area (Å²) in [5.41, 5.74) is -0.924. The summed E-state index contributed by atoms with van der Waals surface area (Å²) in [5, 5.41) is 40.9. The molecule has 0 bridgehead atoms. The maximum absolute atomic E-state index is 12.8. The van der Waals surface area contributed by atoms with Crippen molar-refractivity contribution in [2.24, 2.45) is 17.8 Å². The number of carbonyl (C=O) groups is 1. The van der Waals surface area contributed by atoms with Crippen molar-refractivity contribution in [2.75, 3.05) is 13.2 Å². The predicted molar refractivity (Wildman–Crippen MR) is 94.2 cm³/mol. The fourth-order valence-corrected chi connectivity index (χ4v) is 3.93. The monoisotopic (exact) mass is 372 g/mol. The number of Topliss-reactive ketones (excluding diaryl/α,β-unsaturated/α-hetero) is 1. The Hall–Kier alpha value is -0.830. The number of rotatable bonds is 8. The standard InChI is InChI=1S/C19H32O7/c1-5-7-11(3)17-18(4,26-17)16(23)12(9-20)15(22)13-10-25-19(24,6-2)8-14(13)21/h5,7,11-14,16-17,20-21,23-24H,6,8-10H2,1-4H3/b7-5-/t11-,12-,13-,14-,16-,17+,18-,19?/m0/s1. The molecule has 0 saturated carbocycles. The Labute approximate surface area is 154 Å². The van der Waals surface area contributed by atoms with Crippen molar-refractivity contribution >= 4 is 5.78 Å². The van der Waals surface area contributed by atoms with Crippen molar-refractivity contribution in [3.8, 4) is 0 Å². The Morgan fingerprint density at radius 1 is 1.42 bits per heavy atom. The van der Waals surface area contributed by atoms with Crippen molar-refractivity contribution in [1.82, 2.24) is 0 Å². The van der Waals surface area contributed by atoms with E-state index in [-0.39, 0.29) is 25.0 Å². The molecule has 0 aliphatic carbocycles. The lowest BCUT2D eigenvalue weighted by Gasteiger charge is -2.39. The molecule has 0 radical (unpaired) electrons. The van der Waals surface area contributed by atoms with Crippen LogP contribution in [-0.2, 0) is 14.3 Å². The van der Waals surface area contributed by atoms with Crippen LogP contribution in [0.25, 0.3) is 0 Å². The van der Waals surface area contributed by atoms with E-state index in [2.05, 4.69) is 0 Å². The van der Waals surface area contributed by atoms with Crippen LogP contribution in [0.1, 0.15) is 40.5 Å². The zero-order valence-corrected chi connectivity index (χ0v) is 16.0. The molecule has 2 saturated heterocycles. The molecule has 0 spiro atoms. The number of allylic oxidation sites excluding steroid dienone is 1. The summed E-state index contributed by atoms with van der Waals surface area (Å²) in [4.78, 5) is 12.8. The Morgan fingerprint density at radius 3 is 2.58 bits per heavy atom. The molecule has 2 aliphatic heterocycles. The Morgan fingerprint density at radius 2 is 2.08 bits per heavy atom. The van der Waals surface area contributed by atoms with Crippen LogP contribution in [0, 0.1) is 17.8 Å². The van der Waals surface area contributed by atoms with Gasteiger partial charge < -0.3 is 29.9 Å². The number of hydrogen-bond donors (Lipinski definition) is 4. The van der Waals surface area contributed by atoms with Crippen LogP contribution in [0.5, 0.6) is 0 Å². The number of aliphatic hydroxyl groups is 4. The van der Waals surface area contributed by atoms with Crippen LogP contribution >= 0.6 is 0 Å². The van der Waals surface area contributed by atoms with E-state index in [1.165, 1.54) is 0 Å². The highest BCUT2D eigenvalue weighted by molar-refractivity contribution is 5.85. The smallest absolute Gasteiger partial charge is 0.167 e. The zero-order chi connectivity index (χ0) is 19.7. The molecule has 4 N–H and O–H groups in total. The van der Waals surface area contributed by atoms with Gasteiger partial charge in [0.25, 0.3) is 0 Å². The van der Waals surface area contributed by atoms with E-state index in [9.17, 15) is 25.2 Å². The van der Waals surface area contributed by atoms with E-state index < -0.39 is 47.8 Å². The van der Waals surface area contributed by atoms with Gasteiger partial charge in [0.05, 0.1) is 43.4 Å². The van der Waals surface area contributed by atoms with Crippen LogP contribution < -0.4 is 0 Å². The van der Waals surface area contributed by atoms with Gasteiger partial charge in [-0.15, -0.1) is 0 Å². The maximum Gasteiger partial charge on any atom is 0.167 e. The van der Waals surface area contributed by atoms with Crippen molar-refractivity contribution in [2.45, 2.75) is 70.2 Å². The second kappa shape index (κ2) is 8.04. The molecule has 2 aliphatic rings. The number of epoxide rings is 1. The van der Waals surface area contributed by atoms with E-state index in [0.29, 0.717) is 6.42 Å². The van der Waals surface area contributed by atoms with Crippen molar-refractivity contribution in [1.29, 1.82) is 0 Å². The van der Waals surface area contributed by atoms with Crippen molar-refractivity contribution < 1.29 is 34.7 Å². The van der Waals surface area contributed by atoms with Gasteiger partial charge in [-0.3, -0.25) is 4.79 Å². The topological polar surface area (TPSA) is 120 Å². The minimum atomic E-state index is -1.44. The Bertz CT molecular complexity index is 536. The van der Waals surface area contributed by atoms with Crippen molar-refractivity contribution in [3.05, 3.63) is 12.2 Å². The summed E-state index contributed by atoms with van der Waals surface area (Å²) in [6, 6.07) is 0. The number of hydrogen-bond acceptors (Lipinski definition) is 7. The molecule has 7 nitrogen and oxygen atoms in total. The van der Waals surface area contributed by atoms with Crippen LogP contribution in [0.4, 0.5) is 0 Å². The molecule has 7 heteroatoms. The zero-order valence-electron chi connectivity index (χ0n) is 16.0. The van der Waals surface area contributed by atoms with E-state index in [0.717, 1.165) is 0 Å². The van der Waals surface area contributed by atoms with Gasteiger partial charge in [-0.25, -0.2) is 0 Å². The highest BCUT2D eigenvalue weighted by Gasteiger charge is 2.62. The highest BCUT2D eigenvalue weighted by Crippen LogP contribution is 2.47. The molecule has 8 atom stereocenters.